The summed E-state index contributed by atoms with van der Waals surface area (Å²) in [5.74, 6) is 0.882. The number of carbonyl (C=O) groups excluding carboxylic acids is 1. The molecule has 0 aliphatic carbocycles. The number of nitrogens with zero attached hydrogens (tertiary/aromatic N) is 2. The molecule has 0 atom stereocenters. The Hall–Kier alpha value is -1.61. The Balaban J connectivity index is 0.00000364. The summed E-state index contributed by atoms with van der Waals surface area (Å²) >= 11 is 1.46. The predicted molar refractivity (Wildman–Crippen MR) is 125 cm³/mol. The first kappa shape index (κ1) is 23.4. The summed E-state index contributed by atoms with van der Waals surface area (Å²) in [5.41, 5.74) is 2.58. The molecule has 148 valence electrons. The first-order valence-electron chi connectivity index (χ1n) is 8.97. The molecule has 1 aromatic carbocycles. The van der Waals surface area contributed by atoms with Crippen molar-refractivity contribution in [3.8, 4) is 0 Å². The lowest BCUT2D eigenvalue weighted by atomic mass is 10.1. The van der Waals surface area contributed by atoms with Crippen molar-refractivity contribution in [1.82, 2.24) is 15.5 Å². The SMILES string of the molecule is CCNC(=NCCCNC(=O)c1cccs1)N(C)Cc1ccccc1C.I. The largest absolute Gasteiger partial charge is 0.357 e. The van der Waals surface area contributed by atoms with E-state index in [2.05, 4.69) is 58.6 Å². The number of hydrogen-bond donors (Lipinski definition) is 2. The summed E-state index contributed by atoms with van der Waals surface area (Å²) in [6.07, 6.45) is 0.810. The number of thiophene rings is 1. The standard InChI is InChI=1S/C20H28N4OS.HI/c1-4-21-20(24(3)15-17-10-6-5-9-16(17)2)23-13-8-12-22-19(25)18-11-7-14-26-18;/h5-7,9-11,14H,4,8,12-13,15H2,1-3H3,(H,21,23)(H,22,25);1H. The Morgan fingerprint density at radius 2 is 1.96 bits per heavy atom. The summed E-state index contributed by atoms with van der Waals surface area (Å²) in [6, 6.07) is 12.1. The van der Waals surface area contributed by atoms with E-state index in [0.29, 0.717) is 13.1 Å². The summed E-state index contributed by atoms with van der Waals surface area (Å²) in [7, 11) is 2.05. The molecule has 27 heavy (non-hydrogen) atoms. The molecule has 7 heteroatoms. The van der Waals surface area contributed by atoms with E-state index < -0.39 is 0 Å². The number of guanidine groups is 1. The first-order valence-corrected chi connectivity index (χ1v) is 9.85. The normalized spacial score (nSPS) is 10.9. The van der Waals surface area contributed by atoms with Gasteiger partial charge in [-0.1, -0.05) is 30.3 Å². The van der Waals surface area contributed by atoms with E-state index in [1.54, 1.807) is 0 Å². The third-order valence-electron chi connectivity index (χ3n) is 3.99. The van der Waals surface area contributed by atoms with Crippen LogP contribution in [0.5, 0.6) is 0 Å². The van der Waals surface area contributed by atoms with Gasteiger partial charge in [-0.3, -0.25) is 9.79 Å². The molecule has 1 amide bonds. The van der Waals surface area contributed by atoms with E-state index in [1.165, 1.54) is 22.5 Å². The highest BCUT2D eigenvalue weighted by Gasteiger charge is 2.08. The summed E-state index contributed by atoms with van der Waals surface area (Å²) in [4.78, 5) is 19.5. The van der Waals surface area contributed by atoms with Crippen LogP contribution < -0.4 is 10.6 Å². The summed E-state index contributed by atoms with van der Waals surface area (Å²) in [6.45, 7) is 7.13. The van der Waals surface area contributed by atoms with Gasteiger partial charge in [0.05, 0.1) is 4.88 Å². The summed E-state index contributed by atoms with van der Waals surface area (Å²) in [5, 5.41) is 8.18. The van der Waals surface area contributed by atoms with Gasteiger partial charge in [-0.2, -0.15) is 0 Å². The molecule has 0 aliphatic heterocycles. The van der Waals surface area contributed by atoms with Crippen molar-refractivity contribution < 1.29 is 4.79 Å². The minimum absolute atomic E-state index is 0. The van der Waals surface area contributed by atoms with Gasteiger partial charge < -0.3 is 15.5 Å². The van der Waals surface area contributed by atoms with Crippen molar-refractivity contribution in [3.63, 3.8) is 0 Å². The average molecular weight is 500 g/mol. The zero-order valence-corrected chi connectivity index (χ0v) is 19.3. The molecule has 0 fully saturated rings. The monoisotopic (exact) mass is 500 g/mol. The lowest BCUT2D eigenvalue weighted by Gasteiger charge is -2.23. The minimum Gasteiger partial charge on any atom is -0.357 e. The highest BCUT2D eigenvalue weighted by atomic mass is 127. The quantitative estimate of drug-likeness (QED) is 0.250. The van der Waals surface area contributed by atoms with Crippen molar-refractivity contribution in [1.29, 1.82) is 0 Å². The summed E-state index contributed by atoms with van der Waals surface area (Å²) < 4.78 is 0. The molecule has 1 aromatic heterocycles. The van der Waals surface area contributed by atoms with Gasteiger partial charge in [-0.25, -0.2) is 0 Å². The van der Waals surface area contributed by atoms with Crippen LogP contribution >= 0.6 is 35.3 Å². The van der Waals surface area contributed by atoms with E-state index in [9.17, 15) is 4.79 Å². The molecule has 2 rings (SSSR count). The van der Waals surface area contributed by atoms with Gasteiger partial charge in [0.1, 0.15) is 0 Å². The van der Waals surface area contributed by atoms with Crippen LogP contribution in [0.25, 0.3) is 0 Å². The zero-order chi connectivity index (χ0) is 18.8. The number of aryl methyl sites for hydroxylation is 1. The van der Waals surface area contributed by atoms with Crippen LogP contribution in [0.15, 0.2) is 46.8 Å². The molecular weight excluding hydrogens is 471 g/mol. The van der Waals surface area contributed by atoms with Crippen LogP contribution in [0.2, 0.25) is 0 Å². The van der Waals surface area contributed by atoms with Crippen LogP contribution in [0.1, 0.15) is 34.1 Å². The molecule has 0 spiro atoms. The fourth-order valence-electron chi connectivity index (χ4n) is 2.55. The van der Waals surface area contributed by atoms with E-state index in [4.69, 9.17) is 0 Å². The van der Waals surface area contributed by atoms with Crippen molar-refractivity contribution in [2.75, 3.05) is 26.7 Å². The second kappa shape index (κ2) is 12.7. The van der Waals surface area contributed by atoms with E-state index >= 15 is 0 Å². The maximum atomic E-state index is 11.9. The Bertz CT molecular complexity index is 719. The van der Waals surface area contributed by atoms with E-state index in [0.717, 1.165) is 30.3 Å². The molecule has 0 saturated carbocycles. The lowest BCUT2D eigenvalue weighted by Crippen LogP contribution is -2.38. The Labute approximate surface area is 183 Å². The van der Waals surface area contributed by atoms with Gasteiger partial charge in [0, 0.05) is 33.2 Å². The van der Waals surface area contributed by atoms with Crippen molar-refractivity contribution in [3.05, 3.63) is 57.8 Å². The third kappa shape index (κ3) is 7.88. The molecule has 0 radical (unpaired) electrons. The van der Waals surface area contributed by atoms with Crippen molar-refractivity contribution in [2.45, 2.75) is 26.8 Å². The van der Waals surface area contributed by atoms with Gasteiger partial charge in [-0.05, 0) is 42.8 Å². The van der Waals surface area contributed by atoms with Gasteiger partial charge in [-0.15, -0.1) is 35.3 Å². The van der Waals surface area contributed by atoms with Gasteiger partial charge in [0.2, 0.25) is 0 Å². The number of nitrogens with one attached hydrogen (secondary N) is 2. The molecule has 2 N–H and O–H groups in total. The number of carbonyl (C=O) groups is 1. The second-order valence-corrected chi connectivity index (χ2v) is 7.05. The molecule has 0 bridgehead atoms. The van der Waals surface area contributed by atoms with Crippen LogP contribution in [0, 0.1) is 6.92 Å². The Morgan fingerprint density at radius 3 is 2.63 bits per heavy atom. The molecule has 1 heterocycles. The van der Waals surface area contributed by atoms with Crippen molar-refractivity contribution >= 4 is 47.2 Å². The van der Waals surface area contributed by atoms with Crippen LogP contribution in [0.3, 0.4) is 0 Å². The highest BCUT2D eigenvalue weighted by molar-refractivity contribution is 14.0. The topological polar surface area (TPSA) is 56.7 Å². The zero-order valence-electron chi connectivity index (χ0n) is 16.2. The van der Waals surface area contributed by atoms with Crippen LogP contribution in [-0.2, 0) is 6.54 Å². The van der Waals surface area contributed by atoms with E-state index in [-0.39, 0.29) is 29.9 Å². The van der Waals surface area contributed by atoms with Gasteiger partial charge in [0.15, 0.2) is 5.96 Å². The molecule has 0 unspecified atom stereocenters. The minimum atomic E-state index is -0.00689. The maximum Gasteiger partial charge on any atom is 0.261 e. The van der Waals surface area contributed by atoms with E-state index in [1.807, 2.05) is 24.6 Å². The second-order valence-electron chi connectivity index (χ2n) is 6.10. The van der Waals surface area contributed by atoms with Crippen molar-refractivity contribution in [2.24, 2.45) is 4.99 Å². The molecular formula is C20H29IN4OS. The average Bonchev–Trinajstić information content (AvgIpc) is 3.17. The third-order valence-corrected chi connectivity index (χ3v) is 4.86. The van der Waals surface area contributed by atoms with Gasteiger partial charge >= 0.3 is 0 Å². The fraction of sp³-hybridized carbons (Fsp3) is 0.400. The number of rotatable bonds is 8. The first-order chi connectivity index (χ1) is 12.6. The number of hydrogen-bond acceptors (Lipinski definition) is 3. The smallest absolute Gasteiger partial charge is 0.261 e. The maximum absolute atomic E-state index is 11.9. The number of benzene rings is 1. The Morgan fingerprint density at radius 1 is 1.19 bits per heavy atom. The molecule has 0 saturated heterocycles. The number of amides is 1. The number of aliphatic imine (C=N–C) groups is 1. The lowest BCUT2D eigenvalue weighted by molar-refractivity contribution is 0.0957. The predicted octanol–water partition coefficient (Wildman–Crippen LogP) is 3.89. The van der Waals surface area contributed by atoms with Crippen LogP contribution in [0.4, 0.5) is 0 Å². The Kier molecular flexibility index (Phi) is 11.0. The molecule has 5 nitrogen and oxygen atoms in total. The highest BCUT2D eigenvalue weighted by Crippen LogP contribution is 2.10. The number of halogens is 1. The molecule has 2 aromatic rings. The van der Waals surface area contributed by atoms with Gasteiger partial charge in [0.25, 0.3) is 5.91 Å². The molecule has 0 aliphatic rings. The fourth-order valence-corrected chi connectivity index (χ4v) is 3.19. The van der Waals surface area contributed by atoms with Crippen LogP contribution in [-0.4, -0.2) is 43.4 Å².